The summed E-state index contributed by atoms with van der Waals surface area (Å²) in [6.45, 7) is 4.21. The molecule has 0 aliphatic carbocycles. The van der Waals surface area contributed by atoms with Gasteiger partial charge in [-0.25, -0.2) is 0 Å². The standard InChI is InChI=1S/C11H16N2O4/c1-3-17-11-5-9(12-7-8(2)14)4-10(6-11)13(15)16/h4-6,8,12,14H,3,7H2,1-2H3. The summed E-state index contributed by atoms with van der Waals surface area (Å²) in [5.41, 5.74) is 0.521. The van der Waals surface area contributed by atoms with Crippen molar-refractivity contribution in [1.82, 2.24) is 0 Å². The maximum atomic E-state index is 10.7. The van der Waals surface area contributed by atoms with Crippen LogP contribution in [0.5, 0.6) is 5.75 Å². The van der Waals surface area contributed by atoms with Crippen LogP contribution in [-0.4, -0.2) is 29.3 Å². The molecule has 0 bridgehead atoms. The van der Waals surface area contributed by atoms with Crippen molar-refractivity contribution >= 4 is 11.4 Å². The smallest absolute Gasteiger partial charge is 0.275 e. The van der Waals surface area contributed by atoms with Gasteiger partial charge in [0.1, 0.15) is 5.75 Å². The van der Waals surface area contributed by atoms with E-state index in [1.807, 2.05) is 6.92 Å². The summed E-state index contributed by atoms with van der Waals surface area (Å²) in [6, 6.07) is 4.45. The molecule has 2 N–H and O–H groups in total. The highest BCUT2D eigenvalue weighted by atomic mass is 16.6. The van der Waals surface area contributed by atoms with E-state index < -0.39 is 11.0 Å². The van der Waals surface area contributed by atoms with E-state index in [2.05, 4.69) is 5.32 Å². The summed E-state index contributed by atoms with van der Waals surface area (Å²) in [4.78, 5) is 10.2. The average Bonchev–Trinajstić information content (AvgIpc) is 2.26. The zero-order chi connectivity index (χ0) is 12.8. The lowest BCUT2D eigenvalue weighted by atomic mass is 10.2. The Hall–Kier alpha value is -1.82. The minimum absolute atomic E-state index is 0.0379. The number of benzene rings is 1. The minimum atomic E-state index is -0.523. The predicted molar refractivity (Wildman–Crippen MR) is 64.4 cm³/mol. The lowest BCUT2D eigenvalue weighted by Gasteiger charge is -2.10. The van der Waals surface area contributed by atoms with Crippen molar-refractivity contribution in [2.24, 2.45) is 0 Å². The van der Waals surface area contributed by atoms with Crippen molar-refractivity contribution < 1.29 is 14.8 Å². The first kappa shape index (κ1) is 13.2. The van der Waals surface area contributed by atoms with Crippen LogP contribution in [0.3, 0.4) is 0 Å². The van der Waals surface area contributed by atoms with Crippen molar-refractivity contribution in [3.63, 3.8) is 0 Å². The molecule has 0 fully saturated rings. The molecule has 94 valence electrons. The highest BCUT2D eigenvalue weighted by molar-refractivity contribution is 5.56. The number of nitrogens with one attached hydrogen (secondary N) is 1. The Morgan fingerprint density at radius 1 is 1.53 bits per heavy atom. The van der Waals surface area contributed by atoms with Gasteiger partial charge < -0.3 is 15.2 Å². The molecule has 0 aromatic heterocycles. The maximum Gasteiger partial charge on any atom is 0.275 e. The summed E-state index contributed by atoms with van der Waals surface area (Å²) in [7, 11) is 0. The van der Waals surface area contributed by atoms with E-state index in [-0.39, 0.29) is 5.69 Å². The van der Waals surface area contributed by atoms with Crippen LogP contribution in [-0.2, 0) is 0 Å². The zero-order valence-corrected chi connectivity index (χ0v) is 9.84. The largest absolute Gasteiger partial charge is 0.494 e. The molecule has 0 amide bonds. The second-order valence-corrected chi connectivity index (χ2v) is 3.64. The van der Waals surface area contributed by atoms with Crippen molar-refractivity contribution in [2.75, 3.05) is 18.5 Å². The van der Waals surface area contributed by atoms with Crippen molar-refractivity contribution in [2.45, 2.75) is 20.0 Å². The fourth-order valence-electron chi connectivity index (χ4n) is 1.31. The molecular formula is C11H16N2O4. The third-order valence-corrected chi connectivity index (χ3v) is 2.01. The number of aliphatic hydroxyl groups is 1. The van der Waals surface area contributed by atoms with Gasteiger partial charge in [-0.3, -0.25) is 10.1 Å². The number of nitro groups is 1. The molecule has 0 aliphatic heterocycles. The summed E-state index contributed by atoms with van der Waals surface area (Å²) >= 11 is 0. The molecule has 0 spiro atoms. The summed E-state index contributed by atoms with van der Waals surface area (Å²) in [5.74, 6) is 0.440. The SMILES string of the molecule is CCOc1cc(NCC(C)O)cc([N+](=O)[O-])c1. The topological polar surface area (TPSA) is 84.6 Å². The van der Waals surface area contributed by atoms with Gasteiger partial charge >= 0.3 is 0 Å². The van der Waals surface area contributed by atoms with E-state index in [4.69, 9.17) is 9.84 Å². The van der Waals surface area contributed by atoms with Crippen LogP contribution in [0.4, 0.5) is 11.4 Å². The highest BCUT2D eigenvalue weighted by Gasteiger charge is 2.10. The Labute approximate surface area is 99.4 Å². The first-order chi connectivity index (χ1) is 8.02. The van der Waals surface area contributed by atoms with Gasteiger partial charge in [-0.1, -0.05) is 0 Å². The normalized spacial score (nSPS) is 11.9. The van der Waals surface area contributed by atoms with E-state index >= 15 is 0 Å². The van der Waals surface area contributed by atoms with Crippen LogP contribution < -0.4 is 10.1 Å². The summed E-state index contributed by atoms with van der Waals surface area (Å²) in [5, 5.41) is 22.8. The number of anilines is 1. The van der Waals surface area contributed by atoms with Gasteiger partial charge in [0.05, 0.1) is 23.7 Å². The molecule has 1 rings (SSSR count). The first-order valence-corrected chi connectivity index (χ1v) is 5.37. The third-order valence-electron chi connectivity index (χ3n) is 2.01. The number of hydrogen-bond acceptors (Lipinski definition) is 5. The molecule has 1 unspecified atom stereocenters. The summed E-state index contributed by atoms with van der Waals surface area (Å²) in [6.07, 6.45) is -0.523. The predicted octanol–water partition coefficient (Wildman–Crippen LogP) is 1.79. The van der Waals surface area contributed by atoms with Gasteiger partial charge in [0.15, 0.2) is 0 Å². The quantitative estimate of drug-likeness (QED) is 0.585. The molecule has 1 atom stereocenters. The van der Waals surface area contributed by atoms with Gasteiger partial charge in [-0.15, -0.1) is 0 Å². The molecule has 0 saturated carbocycles. The van der Waals surface area contributed by atoms with E-state index in [9.17, 15) is 10.1 Å². The van der Waals surface area contributed by atoms with Crippen LogP contribution in [0.15, 0.2) is 18.2 Å². The number of rotatable bonds is 6. The average molecular weight is 240 g/mol. The monoisotopic (exact) mass is 240 g/mol. The van der Waals surface area contributed by atoms with E-state index in [0.29, 0.717) is 24.6 Å². The lowest BCUT2D eigenvalue weighted by molar-refractivity contribution is -0.384. The van der Waals surface area contributed by atoms with Crippen LogP contribution in [0.1, 0.15) is 13.8 Å². The Morgan fingerprint density at radius 3 is 2.76 bits per heavy atom. The van der Waals surface area contributed by atoms with Gasteiger partial charge in [0, 0.05) is 24.4 Å². The van der Waals surface area contributed by atoms with Crippen molar-refractivity contribution in [1.29, 1.82) is 0 Å². The van der Waals surface area contributed by atoms with Gasteiger partial charge in [-0.2, -0.15) is 0 Å². The molecule has 1 aromatic rings. The second-order valence-electron chi connectivity index (χ2n) is 3.64. The molecule has 0 saturated heterocycles. The molecule has 1 aromatic carbocycles. The fourth-order valence-corrected chi connectivity index (χ4v) is 1.31. The fraction of sp³-hybridized carbons (Fsp3) is 0.455. The van der Waals surface area contributed by atoms with Crippen LogP contribution in [0.2, 0.25) is 0 Å². The van der Waals surface area contributed by atoms with Crippen molar-refractivity contribution in [3.05, 3.63) is 28.3 Å². The lowest BCUT2D eigenvalue weighted by Crippen LogP contribution is -2.15. The molecule has 6 nitrogen and oxygen atoms in total. The van der Waals surface area contributed by atoms with Gasteiger partial charge in [-0.05, 0) is 13.8 Å². The number of hydrogen-bond donors (Lipinski definition) is 2. The van der Waals surface area contributed by atoms with E-state index in [1.54, 1.807) is 13.0 Å². The van der Waals surface area contributed by atoms with Crippen LogP contribution in [0.25, 0.3) is 0 Å². The minimum Gasteiger partial charge on any atom is -0.494 e. The Kier molecular flexibility index (Phi) is 4.71. The number of non-ortho nitro benzene ring substituents is 1. The Bertz CT molecular complexity index is 393. The second kappa shape index (κ2) is 6.05. The van der Waals surface area contributed by atoms with E-state index in [1.165, 1.54) is 12.1 Å². The Morgan fingerprint density at radius 2 is 2.24 bits per heavy atom. The molecule has 0 heterocycles. The first-order valence-electron chi connectivity index (χ1n) is 5.37. The molecule has 17 heavy (non-hydrogen) atoms. The van der Waals surface area contributed by atoms with Crippen molar-refractivity contribution in [3.8, 4) is 5.75 Å². The molecular weight excluding hydrogens is 224 g/mol. The van der Waals surface area contributed by atoms with E-state index in [0.717, 1.165) is 0 Å². The Balaban J connectivity index is 2.91. The van der Waals surface area contributed by atoms with Crippen LogP contribution in [0, 0.1) is 10.1 Å². The molecule has 0 radical (unpaired) electrons. The number of ether oxygens (including phenoxy) is 1. The molecule has 0 aliphatic rings. The van der Waals surface area contributed by atoms with Gasteiger partial charge in [0.2, 0.25) is 0 Å². The number of nitro benzene ring substituents is 1. The van der Waals surface area contributed by atoms with Gasteiger partial charge in [0.25, 0.3) is 5.69 Å². The highest BCUT2D eigenvalue weighted by Crippen LogP contribution is 2.25. The third kappa shape index (κ3) is 4.28. The zero-order valence-electron chi connectivity index (χ0n) is 9.84. The maximum absolute atomic E-state index is 10.7. The number of nitrogens with zero attached hydrogens (tertiary/aromatic N) is 1. The summed E-state index contributed by atoms with van der Waals surface area (Å²) < 4.78 is 5.24. The number of aliphatic hydroxyl groups excluding tert-OH is 1. The molecule has 6 heteroatoms. The van der Waals surface area contributed by atoms with Crippen LogP contribution >= 0.6 is 0 Å².